The molecule has 0 heterocycles. The summed E-state index contributed by atoms with van der Waals surface area (Å²) in [4.78, 5) is 0. The highest BCUT2D eigenvalue weighted by atomic mass is 16.5. The predicted molar refractivity (Wildman–Crippen MR) is 62.6 cm³/mol. The van der Waals surface area contributed by atoms with Crippen LogP contribution in [0.3, 0.4) is 0 Å². The average molecular weight is 219 g/mol. The van der Waals surface area contributed by atoms with Crippen LogP contribution in [0, 0.1) is 11.3 Å². The zero-order valence-corrected chi connectivity index (χ0v) is 9.99. The second-order valence-corrected chi connectivity index (χ2v) is 3.90. The van der Waals surface area contributed by atoms with Crippen molar-refractivity contribution in [2.45, 2.75) is 19.8 Å². The fourth-order valence-electron chi connectivity index (χ4n) is 1.35. The van der Waals surface area contributed by atoms with Crippen molar-refractivity contribution in [1.29, 1.82) is 5.26 Å². The van der Waals surface area contributed by atoms with E-state index in [0.717, 1.165) is 11.3 Å². The lowest BCUT2D eigenvalue weighted by Crippen LogP contribution is -2.05. The van der Waals surface area contributed by atoms with Crippen molar-refractivity contribution in [1.82, 2.24) is 0 Å². The van der Waals surface area contributed by atoms with E-state index in [2.05, 4.69) is 19.9 Å². The second-order valence-electron chi connectivity index (χ2n) is 3.90. The van der Waals surface area contributed by atoms with E-state index >= 15 is 0 Å². The lowest BCUT2D eigenvalue weighted by atomic mass is 10.0. The summed E-state index contributed by atoms with van der Waals surface area (Å²) >= 11 is 0. The fourth-order valence-corrected chi connectivity index (χ4v) is 1.35. The maximum Gasteiger partial charge on any atom is 0.121 e. The molecule has 1 aromatic rings. The first-order chi connectivity index (χ1) is 7.67. The van der Waals surface area contributed by atoms with Crippen LogP contribution in [-0.4, -0.2) is 20.3 Å². The van der Waals surface area contributed by atoms with E-state index in [1.165, 1.54) is 0 Å². The normalized spacial score (nSPS) is 10.2. The standard InChI is InChI=1S/C13H17NO2/c1-10(2)12-6-11(9-14)7-13(8-12)16-5-4-15-3/h6-8,10H,4-5H2,1-3H3. The Balaban J connectivity index is 2.83. The van der Waals surface area contributed by atoms with E-state index in [1.54, 1.807) is 13.2 Å². The monoisotopic (exact) mass is 219 g/mol. The lowest BCUT2D eigenvalue weighted by molar-refractivity contribution is 0.146. The van der Waals surface area contributed by atoms with Gasteiger partial charge >= 0.3 is 0 Å². The molecule has 86 valence electrons. The van der Waals surface area contributed by atoms with E-state index in [4.69, 9.17) is 14.7 Å². The van der Waals surface area contributed by atoms with Crippen LogP contribution in [0.1, 0.15) is 30.9 Å². The molecule has 0 fully saturated rings. The summed E-state index contributed by atoms with van der Waals surface area (Å²) in [5, 5.41) is 8.91. The Hall–Kier alpha value is -1.53. The molecule has 0 N–H and O–H groups in total. The van der Waals surface area contributed by atoms with Crippen molar-refractivity contribution in [3.8, 4) is 11.8 Å². The van der Waals surface area contributed by atoms with Crippen LogP contribution >= 0.6 is 0 Å². The Morgan fingerprint density at radius 1 is 1.25 bits per heavy atom. The van der Waals surface area contributed by atoms with Crippen LogP contribution in [0.4, 0.5) is 0 Å². The Morgan fingerprint density at radius 3 is 2.56 bits per heavy atom. The third-order valence-corrected chi connectivity index (χ3v) is 2.28. The predicted octanol–water partition coefficient (Wildman–Crippen LogP) is 2.71. The molecule has 0 aliphatic carbocycles. The Bertz CT molecular complexity index is 380. The average Bonchev–Trinajstić information content (AvgIpc) is 2.29. The number of benzene rings is 1. The van der Waals surface area contributed by atoms with Crippen LogP contribution < -0.4 is 4.74 Å². The second kappa shape index (κ2) is 6.14. The summed E-state index contributed by atoms with van der Waals surface area (Å²) in [6.45, 7) is 5.24. The van der Waals surface area contributed by atoms with E-state index in [0.29, 0.717) is 24.7 Å². The Labute approximate surface area is 96.6 Å². The minimum Gasteiger partial charge on any atom is -0.491 e. The first kappa shape index (κ1) is 12.5. The molecule has 1 rings (SSSR count). The first-order valence-corrected chi connectivity index (χ1v) is 5.34. The van der Waals surface area contributed by atoms with E-state index in [9.17, 15) is 0 Å². The SMILES string of the molecule is COCCOc1cc(C#N)cc(C(C)C)c1. The molecule has 0 atom stereocenters. The molecule has 1 aromatic carbocycles. The Kier molecular flexibility index (Phi) is 4.81. The summed E-state index contributed by atoms with van der Waals surface area (Å²) in [7, 11) is 1.63. The van der Waals surface area contributed by atoms with E-state index in [1.807, 2.05) is 12.1 Å². The van der Waals surface area contributed by atoms with Gasteiger partial charge < -0.3 is 9.47 Å². The highest BCUT2D eigenvalue weighted by Gasteiger charge is 2.05. The molecule has 0 unspecified atom stereocenters. The summed E-state index contributed by atoms with van der Waals surface area (Å²) in [6.07, 6.45) is 0. The molecule has 16 heavy (non-hydrogen) atoms. The van der Waals surface area contributed by atoms with Gasteiger partial charge in [0.25, 0.3) is 0 Å². The van der Waals surface area contributed by atoms with Crippen molar-refractivity contribution >= 4 is 0 Å². The van der Waals surface area contributed by atoms with Gasteiger partial charge in [-0.15, -0.1) is 0 Å². The number of nitrogens with zero attached hydrogens (tertiary/aromatic N) is 1. The van der Waals surface area contributed by atoms with Crippen molar-refractivity contribution < 1.29 is 9.47 Å². The van der Waals surface area contributed by atoms with Gasteiger partial charge in [-0.2, -0.15) is 5.26 Å². The van der Waals surface area contributed by atoms with Gasteiger partial charge in [0, 0.05) is 7.11 Å². The number of methoxy groups -OCH3 is 1. The van der Waals surface area contributed by atoms with Crippen molar-refractivity contribution in [2.24, 2.45) is 0 Å². The molecule has 0 bridgehead atoms. The number of rotatable bonds is 5. The van der Waals surface area contributed by atoms with Crippen LogP contribution in [-0.2, 0) is 4.74 Å². The Morgan fingerprint density at radius 2 is 2.00 bits per heavy atom. The lowest BCUT2D eigenvalue weighted by Gasteiger charge is -2.10. The van der Waals surface area contributed by atoms with Crippen molar-refractivity contribution in [3.63, 3.8) is 0 Å². The molecule has 0 spiro atoms. The summed E-state index contributed by atoms with van der Waals surface area (Å²) < 4.78 is 10.4. The van der Waals surface area contributed by atoms with Crippen LogP contribution in [0.5, 0.6) is 5.75 Å². The first-order valence-electron chi connectivity index (χ1n) is 5.34. The largest absolute Gasteiger partial charge is 0.491 e. The number of hydrogen-bond donors (Lipinski definition) is 0. The highest BCUT2D eigenvalue weighted by Crippen LogP contribution is 2.22. The van der Waals surface area contributed by atoms with Gasteiger partial charge in [-0.05, 0) is 29.7 Å². The molecule has 0 amide bonds. The number of hydrogen-bond acceptors (Lipinski definition) is 3. The quantitative estimate of drug-likeness (QED) is 0.715. The summed E-state index contributed by atoms with van der Waals surface area (Å²) in [5.41, 5.74) is 1.75. The van der Waals surface area contributed by atoms with Gasteiger partial charge in [0.2, 0.25) is 0 Å². The number of ether oxygens (including phenoxy) is 2. The van der Waals surface area contributed by atoms with Gasteiger partial charge in [-0.3, -0.25) is 0 Å². The van der Waals surface area contributed by atoms with Crippen LogP contribution in [0.15, 0.2) is 18.2 Å². The van der Waals surface area contributed by atoms with E-state index in [-0.39, 0.29) is 0 Å². The smallest absolute Gasteiger partial charge is 0.121 e. The van der Waals surface area contributed by atoms with Crippen LogP contribution in [0.25, 0.3) is 0 Å². The topological polar surface area (TPSA) is 42.2 Å². The molecule has 0 saturated heterocycles. The molecule has 3 nitrogen and oxygen atoms in total. The third kappa shape index (κ3) is 3.56. The van der Waals surface area contributed by atoms with E-state index < -0.39 is 0 Å². The maximum atomic E-state index is 8.91. The van der Waals surface area contributed by atoms with Crippen LogP contribution in [0.2, 0.25) is 0 Å². The molecule has 0 aromatic heterocycles. The fraction of sp³-hybridized carbons (Fsp3) is 0.462. The summed E-state index contributed by atoms with van der Waals surface area (Å²) in [6, 6.07) is 7.76. The molecule has 0 saturated carbocycles. The van der Waals surface area contributed by atoms with Crippen molar-refractivity contribution in [2.75, 3.05) is 20.3 Å². The molecule has 0 aliphatic heterocycles. The molecule has 0 aliphatic rings. The summed E-state index contributed by atoms with van der Waals surface area (Å²) in [5.74, 6) is 1.12. The van der Waals surface area contributed by atoms with Gasteiger partial charge in [-0.25, -0.2) is 0 Å². The van der Waals surface area contributed by atoms with Crippen molar-refractivity contribution in [3.05, 3.63) is 29.3 Å². The van der Waals surface area contributed by atoms with Gasteiger partial charge in [-0.1, -0.05) is 13.8 Å². The molecule has 3 heteroatoms. The zero-order chi connectivity index (χ0) is 12.0. The molecular formula is C13H17NO2. The maximum absolute atomic E-state index is 8.91. The third-order valence-electron chi connectivity index (χ3n) is 2.28. The minimum absolute atomic E-state index is 0.387. The molecular weight excluding hydrogens is 202 g/mol. The zero-order valence-electron chi connectivity index (χ0n) is 9.99. The van der Waals surface area contributed by atoms with Gasteiger partial charge in [0.05, 0.1) is 18.2 Å². The van der Waals surface area contributed by atoms with Gasteiger partial charge in [0.15, 0.2) is 0 Å². The number of nitriles is 1. The minimum atomic E-state index is 0.387. The highest BCUT2D eigenvalue weighted by molar-refractivity contribution is 5.41. The van der Waals surface area contributed by atoms with Gasteiger partial charge in [0.1, 0.15) is 12.4 Å². The molecule has 0 radical (unpaired) electrons.